The minimum atomic E-state index is 0.250. The summed E-state index contributed by atoms with van der Waals surface area (Å²) in [5, 5.41) is 0.493. The van der Waals surface area contributed by atoms with E-state index in [1.54, 1.807) is 6.07 Å². The number of amides is 1. The molecule has 0 saturated heterocycles. The minimum Gasteiger partial charge on any atom is -0.372 e. The van der Waals surface area contributed by atoms with E-state index in [4.69, 9.17) is 16.4 Å². The van der Waals surface area contributed by atoms with Crippen molar-refractivity contribution < 1.29 is 4.79 Å². The number of carbonyl (C=O) groups excluding carboxylic acids is 1. The first-order valence-corrected chi connectivity index (χ1v) is 8.71. The third-order valence-corrected chi connectivity index (χ3v) is 4.40. The van der Waals surface area contributed by atoms with Gasteiger partial charge in [-0.25, -0.2) is 4.98 Å². The maximum absolute atomic E-state index is 8.58. The molecule has 6 heteroatoms. The van der Waals surface area contributed by atoms with Crippen molar-refractivity contribution in [3.63, 3.8) is 0 Å². The number of hydrogen-bond donors (Lipinski definition) is 1. The molecule has 0 aliphatic heterocycles. The highest BCUT2D eigenvalue weighted by Gasteiger charge is 2.25. The molecular weight excluding hydrogens is 348 g/mol. The number of halogens is 1. The largest absolute Gasteiger partial charge is 0.372 e. The monoisotopic (exact) mass is 366 g/mol. The smallest absolute Gasteiger partial charge is 0.204 e. The summed E-state index contributed by atoms with van der Waals surface area (Å²) in [5.74, 6) is 0.641. The maximum atomic E-state index is 8.58. The third kappa shape index (κ3) is 4.24. The van der Waals surface area contributed by atoms with E-state index in [0.29, 0.717) is 11.1 Å². The first-order valence-electron chi connectivity index (χ1n) is 8.33. The van der Waals surface area contributed by atoms with Gasteiger partial charge >= 0.3 is 0 Å². The van der Waals surface area contributed by atoms with Gasteiger partial charge in [-0.15, -0.1) is 0 Å². The Balaban J connectivity index is 0.000000613. The summed E-state index contributed by atoms with van der Waals surface area (Å²) >= 11 is 6.03. The molecule has 1 saturated carbocycles. The van der Waals surface area contributed by atoms with Gasteiger partial charge in [-0.1, -0.05) is 17.7 Å². The Labute approximate surface area is 157 Å². The average Bonchev–Trinajstić information content (AvgIpc) is 3.48. The van der Waals surface area contributed by atoms with Crippen molar-refractivity contribution in [2.75, 3.05) is 0 Å². The lowest BCUT2D eigenvalue weighted by molar-refractivity contribution is -0.106. The van der Waals surface area contributed by atoms with E-state index in [0.717, 1.165) is 28.1 Å². The van der Waals surface area contributed by atoms with Crippen LogP contribution in [0.15, 0.2) is 48.8 Å². The Morgan fingerprint density at radius 1 is 1.15 bits per heavy atom. The van der Waals surface area contributed by atoms with Crippen LogP contribution in [0.5, 0.6) is 0 Å². The molecule has 0 unspecified atom stereocenters. The van der Waals surface area contributed by atoms with Crippen LogP contribution in [0.1, 0.15) is 30.1 Å². The molecule has 0 radical (unpaired) electrons. The summed E-state index contributed by atoms with van der Waals surface area (Å²) in [4.78, 5) is 22.0. The minimum absolute atomic E-state index is 0.250. The van der Waals surface area contributed by atoms with Crippen molar-refractivity contribution in [3.05, 3.63) is 65.3 Å². The predicted molar refractivity (Wildman–Crippen MR) is 103 cm³/mol. The molecule has 0 spiro atoms. The van der Waals surface area contributed by atoms with Gasteiger partial charge < -0.3 is 5.73 Å². The highest BCUT2D eigenvalue weighted by atomic mass is 35.5. The van der Waals surface area contributed by atoms with E-state index in [2.05, 4.69) is 32.8 Å². The van der Waals surface area contributed by atoms with E-state index >= 15 is 0 Å². The van der Waals surface area contributed by atoms with Crippen LogP contribution < -0.4 is 5.73 Å². The normalized spacial score (nSPS) is 12.8. The molecule has 1 aliphatic carbocycles. The van der Waals surface area contributed by atoms with Crippen molar-refractivity contribution in [1.82, 2.24) is 15.0 Å². The van der Waals surface area contributed by atoms with Crippen LogP contribution in [0.3, 0.4) is 0 Å². The Morgan fingerprint density at radius 2 is 1.92 bits per heavy atom. The first kappa shape index (κ1) is 18.0. The zero-order valence-electron chi connectivity index (χ0n) is 14.4. The molecule has 0 atom stereocenters. The van der Waals surface area contributed by atoms with Crippen LogP contribution >= 0.6 is 11.6 Å². The van der Waals surface area contributed by atoms with E-state index in [-0.39, 0.29) is 6.41 Å². The van der Waals surface area contributed by atoms with E-state index in [1.807, 2.05) is 37.5 Å². The van der Waals surface area contributed by atoms with Gasteiger partial charge in [-0.2, -0.15) is 0 Å². The molecule has 4 rings (SSSR count). The highest BCUT2D eigenvalue weighted by molar-refractivity contribution is 6.29. The Kier molecular flexibility index (Phi) is 5.58. The fourth-order valence-electron chi connectivity index (χ4n) is 2.74. The number of aromatic nitrogens is 3. The van der Waals surface area contributed by atoms with E-state index < -0.39 is 0 Å². The molecule has 5 nitrogen and oxygen atoms in total. The summed E-state index contributed by atoms with van der Waals surface area (Å²) in [5.41, 5.74) is 10.4. The lowest BCUT2D eigenvalue weighted by Gasteiger charge is -2.09. The van der Waals surface area contributed by atoms with Crippen LogP contribution in [-0.4, -0.2) is 21.4 Å². The standard InChI is InChI=1S/C19H16ClN3.CH3NO/c1-12-16(17-3-2-4-19(20)23-17)9-15(11-22-12)14-7-8-21-18(10-14)13-5-6-13;2-1-3/h2-4,7-11,13H,5-6H2,1H3;1H,(H2,2,3). The van der Waals surface area contributed by atoms with Crippen LogP contribution in [0.4, 0.5) is 0 Å². The number of hydrogen-bond acceptors (Lipinski definition) is 4. The van der Waals surface area contributed by atoms with Gasteiger partial charge in [0.25, 0.3) is 0 Å². The summed E-state index contributed by atoms with van der Waals surface area (Å²) < 4.78 is 0. The zero-order valence-corrected chi connectivity index (χ0v) is 15.1. The molecule has 1 amide bonds. The number of rotatable bonds is 3. The number of pyridine rings is 3. The first-order chi connectivity index (χ1) is 12.6. The van der Waals surface area contributed by atoms with Crippen molar-refractivity contribution in [3.8, 4) is 22.4 Å². The third-order valence-electron chi connectivity index (χ3n) is 4.19. The van der Waals surface area contributed by atoms with Crippen molar-refractivity contribution >= 4 is 18.0 Å². The summed E-state index contributed by atoms with van der Waals surface area (Å²) in [6.45, 7) is 1.99. The molecule has 1 aliphatic rings. The van der Waals surface area contributed by atoms with Crippen LogP contribution in [0.2, 0.25) is 5.15 Å². The fourth-order valence-corrected chi connectivity index (χ4v) is 2.90. The predicted octanol–water partition coefficient (Wildman–Crippen LogP) is 4.15. The van der Waals surface area contributed by atoms with Crippen LogP contribution in [0, 0.1) is 6.92 Å². The number of carbonyl (C=O) groups is 1. The molecule has 3 aromatic rings. The number of nitrogens with zero attached hydrogens (tertiary/aromatic N) is 3. The van der Waals surface area contributed by atoms with E-state index in [1.165, 1.54) is 18.5 Å². The van der Waals surface area contributed by atoms with Gasteiger partial charge in [0.1, 0.15) is 5.15 Å². The second-order valence-electron chi connectivity index (χ2n) is 6.08. The van der Waals surface area contributed by atoms with Crippen LogP contribution in [0.25, 0.3) is 22.4 Å². The molecule has 0 aromatic carbocycles. The summed E-state index contributed by atoms with van der Waals surface area (Å²) in [7, 11) is 0. The lowest BCUT2D eigenvalue weighted by atomic mass is 10.0. The van der Waals surface area contributed by atoms with E-state index in [9.17, 15) is 0 Å². The average molecular weight is 367 g/mol. The second-order valence-corrected chi connectivity index (χ2v) is 6.47. The second kappa shape index (κ2) is 8.06. The topological polar surface area (TPSA) is 81.8 Å². The molecular formula is C20H19ClN4O. The molecule has 2 N–H and O–H groups in total. The van der Waals surface area contributed by atoms with Gasteiger partial charge in [0, 0.05) is 40.8 Å². The fraction of sp³-hybridized carbons (Fsp3) is 0.200. The summed E-state index contributed by atoms with van der Waals surface area (Å²) in [6.07, 6.45) is 6.55. The van der Waals surface area contributed by atoms with Crippen molar-refractivity contribution in [1.29, 1.82) is 0 Å². The zero-order chi connectivity index (χ0) is 18.5. The highest BCUT2D eigenvalue weighted by Crippen LogP contribution is 2.40. The molecule has 26 heavy (non-hydrogen) atoms. The van der Waals surface area contributed by atoms with Crippen molar-refractivity contribution in [2.45, 2.75) is 25.7 Å². The molecule has 3 heterocycles. The number of aryl methyl sites for hydroxylation is 1. The molecule has 0 bridgehead atoms. The SMILES string of the molecule is Cc1ncc(-c2ccnc(C3CC3)c2)cc1-c1cccc(Cl)n1.NC=O. The number of nitrogens with two attached hydrogens (primary N) is 1. The van der Waals surface area contributed by atoms with Gasteiger partial charge in [0.15, 0.2) is 0 Å². The Hall–Kier alpha value is -2.79. The quantitative estimate of drug-likeness (QED) is 0.557. The van der Waals surface area contributed by atoms with Gasteiger partial charge in [0.05, 0.1) is 5.69 Å². The van der Waals surface area contributed by atoms with Crippen molar-refractivity contribution in [2.24, 2.45) is 5.73 Å². The molecule has 1 fully saturated rings. The maximum Gasteiger partial charge on any atom is 0.204 e. The van der Waals surface area contributed by atoms with Gasteiger partial charge in [-0.3, -0.25) is 14.8 Å². The lowest BCUT2D eigenvalue weighted by Crippen LogP contribution is -1.93. The Bertz CT molecular complexity index is 925. The number of primary amides is 1. The molecule has 3 aromatic heterocycles. The van der Waals surface area contributed by atoms with Crippen LogP contribution in [-0.2, 0) is 4.79 Å². The Morgan fingerprint density at radius 3 is 2.62 bits per heavy atom. The van der Waals surface area contributed by atoms with Gasteiger partial charge in [0.2, 0.25) is 6.41 Å². The molecule has 132 valence electrons. The van der Waals surface area contributed by atoms with Gasteiger partial charge in [-0.05, 0) is 55.7 Å². The summed E-state index contributed by atoms with van der Waals surface area (Å²) in [6, 6.07) is 12.0.